The summed E-state index contributed by atoms with van der Waals surface area (Å²) in [6, 6.07) is 0. The monoisotopic (exact) mass is 219 g/mol. The first-order valence-electron chi connectivity index (χ1n) is 5.90. The van der Waals surface area contributed by atoms with E-state index in [0.29, 0.717) is 0 Å². The van der Waals surface area contributed by atoms with Crippen molar-refractivity contribution in [2.24, 2.45) is 5.92 Å². The quantitative estimate of drug-likeness (QED) is 0.485. The minimum Gasteiger partial charge on any atom is -0.316 e. The van der Waals surface area contributed by atoms with E-state index in [1.165, 1.54) is 25.9 Å². The van der Waals surface area contributed by atoms with Crippen LogP contribution < -0.4 is 5.32 Å². The van der Waals surface area contributed by atoms with Gasteiger partial charge in [0.05, 0.1) is 5.60 Å². The average molecular weight is 219 g/mol. The van der Waals surface area contributed by atoms with Crippen LogP contribution in [0.25, 0.3) is 0 Å². The molecule has 0 unspecified atom stereocenters. The van der Waals surface area contributed by atoms with Crippen LogP contribution >= 0.6 is 0 Å². The van der Waals surface area contributed by atoms with Gasteiger partial charge in [0.2, 0.25) is 0 Å². The molecule has 15 heavy (non-hydrogen) atoms. The topological polar surface area (TPSA) is 41.5 Å². The lowest BCUT2D eigenvalue weighted by Gasteiger charge is -2.10. The molecular weight excluding hydrogens is 190 g/mol. The first kappa shape index (κ1) is 17.3. The van der Waals surface area contributed by atoms with Gasteiger partial charge in [0.15, 0.2) is 0 Å². The van der Waals surface area contributed by atoms with Gasteiger partial charge in [-0.05, 0) is 46.2 Å². The molecule has 0 aromatic heterocycles. The normalized spacial score (nSPS) is 19.8. The first-order valence-corrected chi connectivity index (χ1v) is 5.90. The van der Waals surface area contributed by atoms with Crippen LogP contribution in [0.5, 0.6) is 0 Å². The molecule has 0 aromatic carbocycles. The average Bonchev–Trinajstić information content (AvgIpc) is 2.57. The Hall–Kier alpha value is -0.120. The predicted octanol–water partition coefficient (Wildman–Crippen LogP) is 3.31. The molecule has 0 saturated carbocycles. The lowest BCUT2D eigenvalue weighted by atomic mass is 10.2. The van der Waals surface area contributed by atoms with E-state index < -0.39 is 5.60 Å². The van der Waals surface area contributed by atoms with Crippen molar-refractivity contribution in [1.29, 1.82) is 0 Å². The summed E-state index contributed by atoms with van der Waals surface area (Å²) < 4.78 is 0. The van der Waals surface area contributed by atoms with Gasteiger partial charge in [-0.2, -0.15) is 0 Å². The van der Waals surface area contributed by atoms with Gasteiger partial charge in [0.1, 0.15) is 0 Å². The Morgan fingerprint density at radius 1 is 1.33 bits per heavy atom. The second-order valence-electron chi connectivity index (χ2n) is 5.01. The molecule has 1 aliphatic rings. The summed E-state index contributed by atoms with van der Waals surface area (Å²) in [5.74, 6) is 0.935. The molecule has 0 aromatic rings. The Labute approximate surface area is 95.1 Å². The van der Waals surface area contributed by atoms with Crippen LogP contribution in [0.4, 0.5) is 0 Å². The molecule has 1 heterocycles. The van der Waals surface area contributed by atoms with E-state index >= 15 is 0 Å². The fraction of sp³-hybridized carbons (Fsp3) is 1.00. The summed E-state index contributed by atoms with van der Waals surface area (Å²) in [4.78, 5) is 3.94. The van der Waals surface area contributed by atoms with Crippen LogP contribution in [-0.4, -0.2) is 23.9 Å². The highest BCUT2D eigenvalue weighted by atomic mass is 17.1. The van der Waals surface area contributed by atoms with Gasteiger partial charge in [-0.25, -0.2) is 4.89 Å². The van der Waals surface area contributed by atoms with Gasteiger partial charge in [-0.3, -0.25) is 5.26 Å². The van der Waals surface area contributed by atoms with E-state index in [1.807, 2.05) is 0 Å². The highest BCUT2D eigenvalue weighted by Crippen LogP contribution is 2.03. The van der Waals surface area contributed by atoms with E-state index in [0.717, 1.165) is 5.92 Å². The Kier molecular flexibility index (Phi) is 12.0. The SMILES string of the molecule is CC(C)(C)OO.CCC.C[C@@H]1CCNC1. The number of hydrogen-bond donors (Lipinski definition) is 2. The van der Waals surface area contributed by atoms with E-state index in [2.05, 4.69) is 31.0 Å². The molecule has 0 spiro atoms. The van der Waals surface area contributed by atoms with E-state index in [4.69, 9.17) is 5.26 Å². The smallest absolute Gasteiger partial charge is 0.0949 e. The predicted molar refractivity (Wildman–Crippen MR) is 66.1 cm³/mol. The molecule has 0 radical (unpaired) electrons. The molecule has 94 valence electrons. The Balaban J connectivity index is 0. The molecule has 0 amide bonds. The maximum Gasteiger partial charge on any atom is 0.0949 e. The third-order valence-corrected chi connectivity index (χ3v) is 1.58. The van der Waals surface area contributed by atoms with Crippen LogP contribution in [0.1, 0.15) is 54.4 Å². The van der Waals surface area contributed by atoms with Gasteiger partial charge in [-0.1, -0.05) is 27.2 Å². The van der Waals surface area contributed by atoms with Crippen LogP contribution in [0.15, 0.2) is 0 Å². The number of rotatable bonds is 0. The van der Waals surface area contributed by atoms with Crippen molar-refractivity contribution in [3.63, 3.8) is 0 Å². The fourth-order valence-electron chi connectivity index (χ4n) is 0.799. The molecule has 3 nitrogen and oxygen atoms in total. The lowest BCUT2D eigenvalue weighted by Crippen LogP contribution is -2.15. The Morgan fingerprint density at radius 2 is 1.73 bits per heavy atom. The molecule has 1 saturated heterocycles. The second kappa shape index (κ2) is 10.4. The van der Waals surface area contributed by atoms with Crippen LogP contribution in [0, 0.1) is 5.92 Å². The minimum atomic E-state index is -0.403. The Morgan fingerprint density at radius 3 is 1.80 bits per heavy atom. The third-order valence-electron chi connectivity index (χ3n) is 1.58. The zero-order valence-corrected chi connectivity index (χ0v) is 11.3. The van der Waals surface area contributed by atoms with Gasteiger partial charge < -0.3 is 5.32 Å². The largest absolute Gasteiger partial charge is 0.316 e. The molecule has 1 atom stereocenters. The third kappa shape index (κ3) is 20.1. The highest BCUT2D eigenvalue weighted by molar-refractivity contribution is 4.65. The zero-order valence-electron chi connectivity index (χ0n) is 11.3. The summed E-state index contributed by atoms with van der Waals surface area (Å²) in [6.07, 6.45) is 2.62. The van der Waals surface area contributed by atoms with Crippen molar-refractivity contribution in [2.75, 3.05) is 13.1 Å². The summed E-state index contributed by atoms with van der Waals surface area (Å²) >= 11 is 0. The zero-order chi connectivity index (χ0) is 12.3. The second-order valence-corrected chi connectivity index (χ2v) is 5.01. The molecule has 1 aliphatic heterocycles. The molecule has 1 rings (SSSR count). The van der Waals surface area contributed by atoms with Gasteiger partial charge in [0, 0.05) is 0 Å². The molecule has 3 heteroatoms. The highest BCUT2D eigenvalue weighted by Gasteiger charge is 2.07. The van der Waals surface area contributed by atoms with Crippen molar-refractivity contribution >= 4 is 0 Å². The van der Waals surface area contributed by atoms with Crippen molar-refractivity contribution < 1.29 is 10.1 Å². The molecule has 0 aliphatic carbocycles. The van der Waals surface area contributed by atoms with Crippen molar-refractivity contribution in [2.45, 2.75) is 60.0 Å². The van der Waals surface area contributed by atoms with Crippen LogP contribution in [0.3, 0.4) is 0 Å². The molecular formula is C12H29NO2. The maximum absolute atomic E-state index is 7.90. The number of nitrogens with one attached hydrogen (secondary N) is 1. The summed E-state index contributed by atoms with van der Waals surface area (Å²) in [6.45, 7) is 14.3. The summed E-state index contributed by atoms with van der Waals surface area (Å²) in [5.41, 5.74) is -0.403. The number of hydrogen-bond acceptors (Lipinski definition) is 3. The van der Waals surface area contributed by atoms with E-state index in [-0.39, 0.29) is 0 Å². The minimum absolute atomic E-state index is 0.403. The van der Waals surface area contributed by atoms with Crippen molar-refractivity contribution in [3.8, 4) is 0 Å². The van der Waals surface area contributed by atoms with Gasteiger partial charge >= 0.3 is 0 Å². The fourth-order valence-corrected chi connectivity index (χ4v) is 0.799. The van der Waals surface area contributed by atoms with Gasteiger partial charge in [0.25, 0.3) is 0 Å². The lowest BCUT2D eigenvalue weighted by molar-refractivity contribution is -0.306. The van der Waals surface area contributed by atoms with Gasteiger partial charge in [-0.15, -0.1) is 0 Å². The first-order chi connectivity index (χ1) is 6.87. The summed E-state index contributed by atoms with van der Waals surface area (Å²) in [7, 11) is 0. The van der Waals surface area contributed by atoms with E-state index in [9.17, 15) is 0 Å². The van der Waals surface area contributed by atoms with E-state index in [1.54, 1.807) is 20.8 Å². The van der Waals surface area contributed by atoms with Crippen LogP contribution in [-0.2, 0) is 4.89 Å². The molecule has 2 N–H and O–H groups in total. The van der Waals surface area contributed by atoms with Crippen molar-refractivity contribution in [1.82, 2.24) is 5.32 Å². The maximum atomic E-state index is 7.90. The molecule has 0 bridgehead atoms. The summed E-state index contributed by atoms with van der Waals surface area (Å²) in [5, 5.41) is 11.2. The van der Waals surface area contributed by atoms with Crippen molar-refractivity contribution in [3.05, 3.63) is 0 Å². The Bertz CT molecular complexity index is 115. The standard InChI is InChI=1S/C5H11N.C4H10O2.C3H8/c1-5-2-3-6-4-5;1-4(2,3)6-5;1-3-2/h5-6H,2-4H2,1H3;5H,1-3H3;3H2,1-2H3/t5-;;/m1../s1. The van der Waals surface area contributed by atoms with Crippen LogP contribution in [0.2, 0.25) is 0 Å². The molecule has 1 fully saturated rings.